The van der Waals surface area contributed by atoms with Crippen molar-refractivity contribution >= 4 is 46.1 Å². The van der Waals surface area contributed by atoms with Crippen LogP contribution in [0.15, 0.2) is 60.9 Å². The van der Waals surface area contributed by atoms with Gasteiger partial charge in [-0.1, -0.05) is 6.07 Å². The Labute approximate surface area is 324 Å². The molecule has 0 radical (unpaired) electrons. The molecule has 3 fully saturated rings. The number of carbonyl (C=O) groups is 2. The Kier molecular flexibility index (Phi) is 10.6. The van der Waals surface area contributed by atoms with Crippen molar-refractivity contribution in [1.82, 2.24) is 39.6 Å². The molecule has 8 rings (SSSR count). The van der Waals surface area contributed by atoms with E-state index in [0.29, 0.717) is 41.6 Å². The van der Waals surface area contributed by atoms with E-state index in [-0.39, 0.29) is 35.1 Å². The first kappa shape index (κ1) is 37.4. The van der Waals surface area contributed by atoms with Crippen LogP contribution in [0.1, 0.15) is 50.5 Å². The Hall–Kier alpha value is -5.54. The maximum absolute atomic E-state index is 15.1. The van der Waals surface area contributed by atoms with Crippen LogP contribution in [0.2, 0.25) is 0 Å². The zero-order chi connectivity index (χ0) is 38.9. The van der Waals surface area contributed by atoms with Crippen LogP contribution in [-0.2, 0) is 11.3 Å². The molecule has 13 nitrogen and oxygen atoms in total. The summed E-state index contributed by atoms with van der Waals surface area (Å²) >= 11 is 0. The molecular weight excluding hydrogens is 717 g/mol. The Morgan fingerprint density at radius 3 is 2.27 bits per heavy atom. The molecule has 0 unspecified atom stereocenters. The Morgan fingerprint density at radius 2 is 1.57 bits per heavy atom. The molecule has 0 spiro atoms. The second kappa shape index (κ2) is 15.9. The van der Waals surface area contributed by atoms with Gasteiger partial charge >= 0.3 is 6.03 Å². The lowest BCUT2D eigenvalue weighted by molar-refractivity contribution is -0.120. The standard InChI is InChI=1S/C41H47F2N11O2/c1-26(2)54-27(3)46-39-33(42)20-30(21-35(39)54)38-34(43)23-45-40(49-38)47-36-9-4-29(22-44-36)25-51-18-16-50(17-19-51)24-28-10-13-52(14-11-28)31-5-7-32(8-6-31)53-15-12-37(55)48-41(53)56/h4-9,20-23,26,28H,10-19,24-25H2,1-3H3,(H,48,55,56)(H,44,45,47,49). The van der Waals surface area contributed by atoms with E-state index in [1.165, 1.54) is 11.8 Å². The lowest BCUT2D eigenvalue weighted by atomic mass is 9.95. The fourth-order valence-electron chi connectivity index (χ4n) is 8.17. The summed E-state index contributed by atoms with van der Waals surface area (Å²) < 4.78 is 32.1. The molecule has 0 bridgehead atoms. The number of piperazine rings is 1. The summed E-state index contributed by atoms with van der Waals surface area (Å²) in [5.41, 5.74) is 4.21. The number of imide groups is 1. The molecule has 0 atom stereocenters. The van der Waals surface area contributed by atoms with Gasteiger partial charge in [-0.25, -0.2) is 33.5 Å². The third kappa shape index (κ3) is 8.05. The predicted molar refractivity (Wildman–Crippen MR) is 212 cm³/mol. The van der Waals surface area contributed by atoms with Crippen molar-refractivity contribution in [3.8, 4) is 11.3 Å². The van der Waals surface area contributed by atoms with E-state index in [2.05, 4.69) is 57.4 Å². The van der Waals surface area contributed by atoms with E-state index in [9.17, 15) is 9.59 Å². The van der Waals surface area contributed by atoms with Crippen LogP contribution in [0.5, 0.6) is 0 Å². The number of halogens is 2. The number of piperidine rings is 1. The maximum Gasteiger partial charge on any atom is 0.328 e. The van der Waals surface area contributed by atoms with Crippen LogP contribution in [-0.4, -0.2) is 98.6 Å². The highest BCUT2D eigenvalue weighted by Crippen LogP contribution is 2.31. The van der Waals surface area contributed by atoms with E-state index >= 15 is 8.78 Å². The van der Waals surface area contributed by atoms with E-state index in [4.69, 9.17) is 0 Å². The average Bonchev–Trinajstić information content (AvgIpc) is 3.54. The summed E-state index contributed by atoms with van der Waals surface area (Å²) in [5, 5.41) is 5.46. The van der Waals surface area contributed by atoms with Gasteiger partial charge < -0.3 is 19.7 Å². The van der Waals surface area contributed by atoms with Crippen LogP contribution < -0.4 is 20.4 Å². The first-order chi connectivity index (χ1) is 27.1. The number of amides is 3. The lowest BCUT2D eigenvalue weighted by Gasteiger charge is -2.39. The third-order valence-corrected chi connectivity index (χ3v) is 11.1. The van der Waals surface area contributed by atoms with Crippen molar-refractivity contribution < 1.29 is 18.4 Å². The van der Waals surface area contributed by atoms with Crippen LogP contribution in [0, 0.1) is 24.5 Å². The lowest BCUT2D eigenvalue weighted by Crippen LogP contribution is -2.49. The summed E-state index contributed by atoms with van der Waals surface area (Å²) in [4.78, 5) is 50.2. The first-order valence-corrected chi connectivity index (χ1v) is 19.4. The SMILES string of the molecule is Cc1nc2c(F)cc(-c3nc(Nc4ccc(CN5CCN(CC6CCN(c7ccc(N8CCC(=O)NC8=O)cc7)CC6)CC5)cn4)ncc3F)cc2n1C(C)C. The van der Waals surface area contributed by atoms with Gasteiger partial charge in [0, 0.05) is 94.5 Å². The second-order valence-electron chi connectivity index (χ2n) is 15.3. The Morgan fingerprint density at radius 1 is 0.839 bits per heavy atom. The quantitative estimate of drug-likeness (QED) is 0.168. The summed E-state index contributed by atoms with van der Waals surface area (Å²) in [6.45, 7) is 14.2. The molecule has 0 aliphatic carbocycles. The van der Waals surface area contributed by atoms with Gasteiger partial charge in [0.1, 0.15) is 22.9 Å². The number of rotatable bonds is 10. The molecule has 3 saturated heterocycles. The zero-order valence-corrected chi connectivity index (χ0v) is 32.0. The molecule has 15 heteroatoms. The number of carbonyl (C=O) groups excluding carboxylic acids is 2. The monoisotopic (exact) mass is 763 g/mol. The van der Waals surface area contributed by atoms with Gasteiger partial charge in [-0.05, 0) is 87.6 Å². The number of nitrogens with zero attached hydrogens (tertiary/aromatic N) is 9. The molecule has 0 saturated carbocycles. The highest BCUT2D eigenvalue weighted by molar-refractivity contribution is 6.05. The van der Waals surface area contributed by atoms with Crippen LogP contribution in [0.4, 0.5) is 36.7 Å². The highest BCUT2D eigenvalue weighted by atomic mass is 19.1. The molecule has 3 amide bonds. The minimum Gasteiger partial charge on any atom is -0.372 e. The normalized spacial score (nSPS) is 17.6. The molecule has 2 N–H and O–H groups in total. The van der Waals surface area contributed by atoms with Gasteiger partial charge in [-0.15, -0.1) is 0 Å². The van der Waals surface area contributed by atoms with E-state index in [0.717, 1.165) is 82.6 Å². The number of aryl methyl sites for hydroxylation is 1. The van der Waals surface area contributed by atoms with Gasteiger partial charge in [0.25, 0.3) is 0 Å². The van der Waals surface area contributed by atoms with Gasteiger partial charge in [0.2, 0.25) is 11.9 Å². The topological polar surface area (TPSA) is 128 Å². The van der Waals surface area contributed by atoms with Crippen LogP contribution in [0.25, 0.3) is 22.3 Å². The molecule has 56 heavy (non-hydrogen) atoms. The molecule has 2 aromatic carbocycles. The number of nitrogens with one attached hydrogen (secondary N) is 2. The number of pyridine rings is 1. The number of anilines is 4. The fourth-order valence-corrected chi connectivity index (χ4v) is 8.17. The summed E-state index contributed by atoms with van der Waals surface area (Å²) in [5.74, 6) is 0.638. The van der Waals surface area contributed by atoms with Gasteiger partial charge in [0.15, 0.2) is 11.6 Å². The van der Waals surface area contributed by atoms with Crippen molar-refractivity contribution in [1.29, 1.82) is 0 Å². The van der Waals surface area contributed by atoms with E-state index < -0.39 is 11.6 Å². The minimum atomic E-state index is -0.651. The van der Waals surface area contributed by atoms with Crippen molar-refractivity contribution in [2.45, 2.75) is 52.6 Å². The molecule has 5 aromatic rings. The largest absolute Gasteiger partial charge is 0.372 e. The molecule has 6 heterocycles. The summed E-state index contributed by atoms with van der Waals surface area (Å²) in [7, 11) is 0. The number of benzene rings is 2. The number of hydrogen-bond acceptors (Lipinski definition) is 10. The fraction of sp³-hybridized carbons (Fsp3) is 0.415. The van der Waals surface area contributed by atoms with Gasteiger partial charge in [0.05, 0.1) is 11.7 Å². The predicted octanol–water partition coefficient (Wildman–Crippen LogP) is 6.28. The maximum atomic E-state index is 15.1. The van der Waals surface area contributed by atoms with Crippen LogP contribution >= 0.6 is 0 Å². The Balaban J connectivity index is 0.798. The van der Waals surface area contributed by atoms with Crippen molar-refractivity contribution in [3.05, 3.63) is 83.9 Å². The van der Waals surface area contributed by atoms with Crippen molar-refractivity contribution in [2.24, 2.45) is 5.92 Å². The minimum absolute atomic E-state index is 0.00651. The first-order valence-electron chi connectivity index (χ1n) is 19.4. The highest BCUT2D eigenvalue weighted by Gasteiger charge is 2.27. The average molecular weight is 764 g/mol. The van der Waals surface area contributed by atoms with Crippen molar-refractivity contribution in [2.75, 3.05) is 67.5 Å². The van der Waals surface area contributed by atoms with Crippen LogP contribution in [0.3, 0.4) is 0 Å². The third-order valence-electron chi connectivity index (χ3n) is 11.1. The van der Waals surface area contributed by atoms with Crippen molar-refractivity contribution in [3.63, 3.8) is 0 Å². The number of fused-ring (bicyclic) bond motifs is 1. The molecule has 3 aliphatic rings. The van der Waals surface area contributed by atoms with Gasteiger partial charge in [-0.2, -0.15) is 0 Å². The Bertz CT molecular complexity index is 2210. The number of imidazole rings is 1. The number of hydrogen-bond donors (Lipinski definition) is 2. The molecule has 3 aromatic heterocycles. The number of urea groups is 1. The molecular formula is C41H47F2N11O2. The van der Waals surface area contributed by atoms with E-state index in [1.54, 1.807) is 11.0 Å². The summed E-state index contributed by atoms with van der Waals surface area (Å²) in [6, 6.07) is 14.7. The van der Waals surface area contributed by atoms with Gasteiger partial charge in [-0.3, -0.25) is 19.9 Å². The zero-order valence-electron chi connectivity index (χ0n) is 32.0. The van der Waals surface area contributed by atoms with E-state index in [1.807, 2.05) is 55.8 Å². The molecule has 292 valence electrons. The summed E-state index contributed by atoms with van der Waals surface area (Å²) in [6.07, 6.45) is 5.53. The smallest absolute Gasteiger partial charge is 0.328 e. The number of aromatic nitrogens is 5. The molecule has 3 aliphatic heterocycles. The second-order valence-corrected chi connectivity index (χ2v) is 15.3.